The number of fused-ring (bicyclic) bond motifs is 2. The Balaban J connectivity index is 1.51. The van der Waals surface area contributed by atoms with Gasteiger partial charge in [0.05, 0.1) is 5.56 Å². The topological polar surface area (TPSA) is 105 Å². The molecule has 2 aliphatic rings. The van der Waals surface area contributed by atoms with Crippen molar-refractivity contribution >= 4 is 11.9 Å². The van der Waals surface area contributed by atoms with E-state index in [1.165, 1.54) is 16.8 Å². The first kappa shape index (κ1) is 18.9. The van der Waals surface area contributed by atoms with Gasteiger partial charge in [-0.2, -0.15) is 0 Å². The number of carboxylic acids is 1. The molecule has 9 nitrogen and oxygen atoms in total. The van der Waals surface area contributed by atoms with Gasteiger partial charge in [-0.25, -0.2) is 9.59 Å². The normalized spacial score (nSPS) is 13.5. The monoisotopic (exact) mass is 423 g/mol. The quantitative estimate of drug-likeness (QED) is 0.624. The highest BCUT2D eigenvalue weighted by Crippen LogP contribution is 2.40. The Morgan fingerprint density at radius 3 is 1.97 bits per heavy atom. The number of hydrogen-bond acceptors (Lipinski definition) is 7. The van der Waals surface area contributed by atoms with Crippen LogP contribution in [0.5, 0.6) is 23.0 Å². The zero-order valence-corrected chi connectivity index (χ0v) is 16.4. The molecule has 2 aromatic carbocycles. The lowest BCUT2D eigenvalue weighted by Crippen LogP contribution is -2.13. The molecule has 0 unspecified atom stereocenters. The highest BCUT2D eigenvalue weighted by Gasteiger charge is 2.26. The number of carbonyl (C=O) groups is 2. The van der Waals surface area contributed by atoms with Gasteiger partial charge >= 0.3 is 11.9 Å². The Bertz CT molecular complexity index is 1140. The average Bonchev–Trinajstić information content (AvgIpc) is 3.49. The van der Waals surface area contributed by atoms with Crippen LogP contribution in [0, 0.1) is 0 Å². The smallest absolute Gasteiger partial charge is 0.352 e. The van der Waals surface area contributed by atoms with Gasteiger partial charge in [0.2, 0.25) is 13.6 Å². The molecule has 3 heterocycles. The first-order valence-corrected chi connectivity index (χ1v) is 9.39. The highest BCUT2D eigenvalue weighted by atomic mass is 16.7. The Labute approximate surface area is 176 Å². The lowest BCUT2D eigenvalue weighted by Gasteiger charge is -2.19. The van der Waals surface area contributed by atoms with Gasteiger partial charge in [0.1, 0.15) is 5.69 Å². The number of aryl methyl sites for hydroxylation is 1. The van der Waals surface area contributed by atoms with Crippen molar-refractivity contribution in [3.8, 4) is 23.0 Å². The van der Waals surface area contributed by atoms with Crippen LogP contribution in [0.25, 0.3) is 0 Å². The van der Waals surface area contributed by atoms with E-state index in [2.05, 4.69) is 0 Å². The third-order valence-corrected chi connectivity index (χ3v) is 5.08. The summed E-state index contributed by atoms with van der Waals surface area (Å²) in [6, 6.07) is 11.8. The molecule has 0 radical (unpaired) electrons. The van der Waals surface area contributed by atoms with Crippen LogP contribution in [-0.2, 0) is 11.8 Å². The number of hydrogen-bond donors (Lipinski definition) is 1. The predicted octanol–water partition coefficient (Wildman–Crippen LogP) is 3.13. The molecule has 158 valence electrons. The Morgan fingerprint density at radius 1 is 0.903 bits per heavy atom. The molecule has 2 aliphatic heterocycles. The van der Waals surface area contributed by atoms with Gasteiger partial charge in [-0.3, -0.25) is 0 Å². The van der Waals surface area contributed by atoms with Crippen LogP contribution >= 0.6 is 0 Å². The number of carbonyl (C=O) groups excluding carboxylic acids is 1. The molecular weight excluding hydrogens is 406 g/mol. The number of aromatic carboxylic acids is 1. The SMILES string of the molecule is Cn1cc(C(=O)OC(c2ccc3c(c2)OCO3)c2ccc3c(c2)OCO3)cc1C(=O)O. The average molecular weight is 423 g/mol. The third kappa shape index (κ3) is 3.39. The van der Waals surface area contributed by atoms with Crippen LogP contribution in [0.2, 0.25) is 0 Å². The Morgan fingerprint density at radius 2 is 1.45 bits per heavy atom. The minimum Gasteiger partial charge on any atom is -0.477 e. The molecule has 0 bridgehead atoms. The van der Waals surface area contributed by atoms with E-state index in [-0.39, 0.29) is 24.8 Å². The predicted molar refractivity (Wildman–Crippen MR) is 105 cm³/mol. The molecule has 1 N–H and O–H groups in total. The largest absolute Gasteiger partial charge is 0.477 e. The standard InChI is InChI=1S/C22H17NO8/c1-23-9-14(6-15(23)21(24)25)22(26)31-20(12-2-4-16-18(7-12)29-10-27-16)13-3-5-17-19(8-13)30-11-28-17/h2-9,20H,10-11H2,1H3,(H,24,25). The van der Waals surface area contributed by atoms with Gasteiger partial charge in [-0.1, -0.05) is 12.1 Å². The number of carboxylic acid groups (broad SMARTS) is 1. The number of nitrogens with zero attached hydrogens (tertiary/aromatic N) is 1. The first-order chi connectivity index (χ1) is 15.0. The number of ether oxygens (including phenoxy) is 5. The molecule has 0 atom stereocenters. The molecule has 1 aromatic heterocycles. The summed E-state index contributed by atoms with van der Waals surface area (Å²) in [5.41, 5.74) is 1.43. The van der Waals surface area contributed by atoms with E-state index in [4.69, 9.17) is 23.7 Å². The lowest BCUT2D eigenvalue weighted by molar-refractivity contribution is 0.0377. The van der Waals surface area contributed by atoms with E-state index in [0.29, 0.717) is 34.1 Å². The molecule has 5 rings (SSSR count). The summed E-state index contributed by atoms with van der Waals surface area (Å²) >= 11 is 0. The van der Waals surface area contributed by atoms with Crippen molar-refractivity contribution in [1.82, 2.24) is 4.57 Å². The van der Waals surface area contributed by atoms with Gasteiger partial charge in [0, 0.05) is 24.4 Å². The van der Waals surface area contributed by atoms with E-state index < -0.39 is 18.0 Å². The van der Waals surface area contributed by atoms with Crippen LogP contribution in [0.1, 0.15) is 38.1 Å². The lowest BCUT2D eigenvalue weighted by atomic mass is 10.00. The summed E-state index contributed by atoms with van der Waals surface area (Å²) in [4.78, 5) is 24.2. The van der Waals surface area contributed by atoms with Crippen molar-refractivity contribution in [3.63, 3.8) is 0 Å². The van der Waals surface area contributed by atoms with E-state index in [0.717, 1.165) is 0 Å². The summed E-state index contributed by atoms with van der Waals surface area (Å²) in [5, 5.41) is 9.25. The highest BCUT2D eigenvalue weighted by molar-refractivity contribution is 5.94. The number of esters is 1. The Hall–Kier alpha value is -4.14. The van der Waals surface area contributed by atoms with E-state index >= 15 is 0 Å². The number of rotatable bonds is 5. The number of aromatic nitrogens is 1. The second kappa shape index (κ2) is 7.28. The number of benzene rings is 2. The van der Waals surface area contributed by atoms with Crippen molar-refractivity contribution in [2.24, 2.45) is 7.05 Å². The molecule has 0 amide bonds. The summed E-state index contributed by atoms with van der Waals surface area (Å²) in [6.07, 6.45) is 0.618. The zero-order chi connectivity index (χ0) is 21.5. The molecule has 9 heteroatoms. The van der Waals surface area contributed by atoms with Crippen LogP contribution in [-0.4, -0.2) is 35.2 Å². The van der Waals surface area contributed by atoms with Crippen molar-refractivity contribution in [2.75, 3.05) is 13.6 Å². The van der Waals surface area contributed by atoms with Gasteiger partial charge in [-0.05, 0) is 30.3 Å². The van der Waals surface area contributed by atoms with Crippen molar-refractivity contribution in [2.45, 2.75) is 6.10 Å². The summed E-state index contributed by atoms with van der Waals surface area (Å²) in [5.74, 6) is 0.509. The molecular formula is C22H17NO8. The van der Waals surface area contributed by atoms with E-state index in [9.17, 15) is 14.7 Å². The molecule has 0 spiro atoms. The fourth-order valence-corrected chi connectivity index (χ4v) is 3.54. The maximum absolute atomic E-state index is 12.9. The third-order valence-electron chi connectivity index (χ3n) is 5.08. The molecule has 0 saturated carbocycles. The minimum atomic E-state index is -1.13. The van der Waals surface area contributed by atoms with Crippen LogP contribution < -0.4 is 18.9 Å². The molecule has 31 heavy (non-hydrogen) atoms. The van der Waals surface area contributed by atoms with Crippen molar-refractivity contribution < 1.29 is 38.4 Å². The zero-order valence-electron chi connectivity index (χ0n) is 16.4. The van der Waals surface area contributed by atoms with Crippen LogP contribution in [0.4, 0.5) is 0 Å². The van der Waals surface area contributed by atoms with E-state index in [1.54, 1.807) is 43.4 Å². The van der Waals surface area contributed by atoms with Gasteiger partial charge in [0.15, 0.2) is 29.1 Å². The van der Waals surface area contributed by atoms with E-state index in [1.807, 2.05) is 0 Å². The fraction of sp³-hybridized carbons (Fsp3) is 0.182. The maximum atomic E-state index is 12.9. The second-order valence-electron chi connectivity index (χ2n) is 7.04. The fourth-order valence-electron chi connectivity index (χ4n) is 3.54. The molecule has 0 fully saturated rings. The van der Waals surface area contributed by atoms with Crippen molar-refractivity contribution in [1.29, 1.82) is 0 Å². The van der Waals surface area contributed by atoms with Crippen molar-refractivity contribution in [3.05, 3.63) is 71.0 Å². The molecule has 0 saturated heterocycles. The molecule has 0 aliphatic carbocycles. The molecule has 3 aromatic rings. The van der Waals surface area contributed by atoms with Crippen LogP contribution in [0.3, 0.4) is 0 Å². The van der Waals surface area contributed by atoms with Gasteiger partial charge < -0.3 is 33.4 Å². The first-order valence-electron chi connectivity index (χ1n) is 9.39. The Kier molecular flexibility index (Phi) is 4.43. The minimum absolute atomic E-state index is 0.0188. The summed E-state index contributed by atoms with van der Waals surface area (Å²) in [6.45, 7) is 0.241. The maximum Gasteiger partial charge on any atom is 0.352 e. The second-order valence-corrected chi connectivity index (χ2v) is 7.04. The van der Waals surface area contributed by atoms with Crippen LogP contribution in [0.15, 0.2) is 48.7 Å². The van der Waals surface area contributed by atoms with Gasteiger partial charge in [0.25, 0.3) is 0 Å². The van der Waals surface area contributed by atoms with Gasteiger partial charge in [-0.15, -0.1) is 0 Å². The summed E-state index contributed by atoms with van der Waals surface area (Å²) in [7, 11) is 1.55. The summed E-state index contributed by atoms with van der Waals surface area (Å²) < 4.78 is 28.8.